The molecule has 2 aromatic rings. The molecule has 0 fully saturated rings. The molecule has 0 saturated heterocycles. The Labute approximate surface area is 165 Å². The first-order valence-corrected chi connectivity index (χ1v) is 10.5. The van der Waals surface area contributed by atoms with Crippen molar-refractivity contribution in [2.75, 3.05) is 19.9 Å². The lowest BCUT2D eigenvalue weighted by Gasteiger charge is -2.25. The van der Waals surface area contributed by atoms with Crippen LogP contribution in [0.15, 0.2) is 42.5 Å². The highest BCUT2D eigenvalue weighted by Crippen LogP contribution is 2.30. The Morgan fingerprint density at radius 2 is 1.75 bits per heavy atom. The molecule has 0 aliphatic rings. The molecule has 8 heteroatoms. The van der Waals surface area contributed by atoms with Gasteiger partial charge in [0.05, 0.1) is 13.4 Å². The fourth-order valence-electron chi connectivity index (χ4n) is 2.70. The molecule has 152 valence electrons. The van der Waals surface area contributed by atoms with Crippen molar-refractivity contribution in [3.63, 3.8) is 0 Å². The van der Waals surface area contributed by atoms with Gasteiger partial charge in [0.2, 0.25) is 0 Å². The van der Waals surface area contributed by atoms with Crippen molar-refractivity contribution in [1.82, 2.24) is 4.90 Å². The largest absolute Gasteiger partial charge is 0.493 e. The molecule has 1 amide bonds. The number of methoxy groups -OCH3 is 1. The van der Waals surface area contributed by atoms with Gasteiger partial charge in [-0.05, 0) is 47.9 Å². The first kappa shape index (κ1) is 21.7. The van der Waals surface area contributed by atoms with Crippen molar-refractivity contribution in [2.24, 2.45) is 5.92 Å². The van der Waals surface area contributed by atoms with Crippen LogP contribution in [0, 0.1) is 11.7 Å². The zero-order valence-electron chi connectivity index (χ0n) is 16.3. The fraction of sp³-hybridized carbons (Fsp3) is 0.350. The van der Waals surface area contributed by atoms with E-state index in [0.717, 1.165) is 6.26 Å². The van der Waals surface area contributed by atoms with Crippen molar-refractivity contribution in [2.45, 2.75) is 20.4 Å². The minimum absolute atomic E-state index is 0.0567. The number of nitrogens with zero attached hydrogens (tertiary/aromatic N) is 1. The molecule has 0 aliphatic carbocycles. The Morgan fingerprint density at radius 1 is 1.11 bits per heavy atom. The van der Waals surface area contributed by atoms with Crippen LogP contribution in [0.25, 0.3) is 0 Å². The predicted molar refractivity (Wildman–Crippen MR) is 104 cm³/mol. The Balaban J connectivity index is 2.32. The molecular formula is C20H24FNO5S. The lowest BCUT2D eigenvalue weighted by molar-refractivity contribution is 0.0722. The fourth-order valence-corrected chi connectivity index (χ4v) is 3.16. The van der Waals surface area contributed by atoms with Crippen molar-refractivity contribution in [1.29, 1.82) is 0 Å². The summed E-state index contributed by atoms with van der Waals surface area (Å²) in [6, 6.07) is 10.2. The van der Waals surface area contributed by atoms with Gasteiger partial charge in [-0.1, -0.05) is 19.9 Å². The van der Waals surface area contributed by atoms with Crippen LogP contribution in [0.1, 0.15) is 29.8 Å². The van der Waals surface area contributed by atoms with Gasteiger partial charge in [-0.3, -0.25) is 4.79 Å². The number of rotatable bonds is 8. The summed E-state index contributed by atoms with van der Waals surface area (Å²) in [5.74, 6) is -0.121. The third kappa shape index (κ3) is 6.23. The summed E-state index contributed by atoms with van der Waals surface area (Å²) in [5.41, 5.74) is 1.05. The number of hydrogen-bond acceptors (Lipinski definition) is 5. The van der Waals surface area contributed by atoms with Crippen molar-refractivity contribution < 1.29 is 26.5 Å². The van der Waals surface area contributed by atoms with E-state index in [1.165, 1.54) is 37.4 Å². The highest BCUT2D eigenvalue weighted by atomic mass is 32.2. The maximum absolute atomic E-state index is 13.2. The quantitative estimate of drug-likeness (QED) is 0.624. The minimum Gasteiger partial charge on any atom is -0.493 e. The third-order valence-corrected chi connectivity index (χ3v) is 4.29. The maximum Gasteiger partial charge on any atom is 0.306 e. The van der Waals surface area contributed by atoms with Gasteiger partial charge in [0, 0.05) is 18.7 Å². The van der Waals surface area contributed by atoms with Crippen LogP contribution < -0.4 is 8.92 Å². The monoisotopic (exact) mass is 409 g/mol. The molecular weight excluding hydrogens is 385 g/mol. The van der Waals surface area contributed by atoms with Crippen LogP contribution in [-0.2, 0) is 16.7 Å². The molecule has 0 aromatic heterocycles. The smallest absolute Gasteiger partial charge is 0.306 e. The average molecular weight is 409 g/mol. The highest BCUT2D eigenvalue weighted by Gasteiger charge is 2.19. The van der Waals surface area contributed by atoms with E-state index in [0.29, 0.717) is 17.7 Å². The van der Waals surface area contributed by atoms with Crippen molar-refractivity contribution in [3.05, 3.63) is 59.4 Å². The van der Waals surface area contributed by atoms with Crippen LogP contribution in [0.4, 0.5) is 4.39 Å². The van der Waals surface area contributed by atoms with E-state index < -0.39 is 15.9 Å². The van der Waals surface area contributed by atoms with Crippen LogP contribution in [0.2, 0.25) is 0 Å². The zero-order chi connectivity index (χ0) is 20.9. The predicted octanol–water partition coefficient (Wildman–Crippen LogP) is 3.47. The first-order valence-electron chi connectivity index (χ1n) is 8.70. The Bertz CT molecular complexity index is 926. The topological polar surface area (TPSA) is 72.9 Å². The maximum atomic E-state index is 13.2. The zero-order valence-corrected chi connectivity index (χ0v) is 17.1. The summed E-state index contributed by atoms with van der Waals surface area (Å²) in [6.07, 6.45) is 0.947. The van der Waals surface area contributed by atoms with Crippen LogP contribution >= 0.6 is 0 Å². The molecule has 0 saturated carbocycles. The summed E-state index contributed by atoms with van der Waals surface area (Å²) in [4.78, 5) is 14.5. The molecule has 28 heavy (non-hydrogen) atoms. The number of carbonyl (C=O) groups is 1. The lowest BCUT2D eigenvalue weighted by atomic mass is 10.1. The Morgan fingerprint density at radius 3 is 2.29 bits per heavy atom. The summed E-state index contributed by atoms with van der Waals surface area (Å²) >= 11 is 0. The third-order valence-electron chi connectivity index (χ3n) is 3.81. The van der Waals surface area contributed by atoms with E-state index in [4.69, 9.17) is 8.92 Å². The molecule has 0 atom stereocenters. The summed E-state index contributed by atoms with van der Waals surface area (Å²) in [5, 5.41) is 0. The molecule has 0 heterocycles. The van der Waals surface area contributed by atoms with Crippen LogP contribution in [-0.4, -0.2) is 39.1 Å². The average Bonchev–Trinajstić information content (AvgIpc) is 2.60. The molecule has 0 unspecified atom stereocenters. The van der Waals surface area contributed by atoms with Crippen molar-refractivity contribution in [3.8, 4) is 11.5 Å². The summed E-state index contributed by atoms with van der Waals surface area (Å²) in [7, 11) is -2.32. The van der Waals surface area contributed by atoms with Gasteiger partial charge in [0.1, 0.15) is 5.82 Å². The molecule has 0 bridgehead atoms. The molecule has 2 aromatic carbocycles. The number of ether oxygens (including phenoxy) is 1. The van der Waals surface area contributed by atoms with Gasteiger partial charge in [0.15, 0.2) is 11.5 Å². The second-order valence-electron chi connectivity index (χ2n) is 6.86. The molecule has 0 N–H and O–H groups in total. The molecule has 0 radical (unpaired) electrons. The molecule has 6 nitrogen and oxygen atoms in total. The van der Waals surface area contributed by atoms with Gasteiger partial charge in [-0.25, -0.2) is 4.39 Å². The van der Waals surface area contributed by atoms with E-state index in [2.05, 4.69) is 0 Å². The van der Waals surface area contributed by atoms with Gasteiger partial charge >= 0.3 is 10.1 Å². The van der Waals surface area contributed by atoms with Gasteiger partial charge < -0.3 is 13.8 Å². The Kier molecular flexibility index (Phi) is 7.01. The molecule has 0 spiro atoms. The van der Waals surface area contributed by atoms with Gasteiger partial charge in [-0.2, -0.15) is 8.42 Å². The van der Waals surface area contributed by atoms with Gasteiger partial charge in [-0.15, -0.1) is 0 Å². The first-order chi connectivity index (χ1) is 13.1. The van der Waals surface area contributed by atoms with E-state index in [9.17, 15) is 17.6 Å². The van der Waals surface area contributed by atoms with E-state index in [1.807, 2.05) is 13.8 Å². The van der Waals surface area contributed by atoms with Crippen LogP contribution in [0.3, 0.4) is 0 Å². The number of benzene rings is 2. The minimum atomic E-state index is -3.73. The van der Waals surface area contributed by atoms with Crippen molar-refractivity contribution >= 4 is 16.0 Å². The standard InChI is InChI=1S/C20H24FNO5S/c1-14(2)12-22(20(23)16-6-8-17(21)9-7-16)13-15-5-10-18(26-3)19(11-15)27-28(4,24)25/h5-11,14H,12-13H2,1-4H3. The number of amides is 1. The van der Waals surface area contributed by atoms with Gasteiger partial charge in [0.25, 0.3) is 5.91 Å². The van der Waals surface area contributed by atoms with E-state index in [1.54, 1.807) is 17.0 Å². The lowest BCUT2D eigenvalue weighted by Crippen LogP contribution is -2.33. The number of carbonyl (C=O) groups excluding carboxylic acids is 1. The Hall–Kier alpha value is -2.61. The molecule has 0 aliphatic heterocycles. The highest BCUT2D eigenvalue weighted by molar-refractivity contribution is 7.86. The van der Waals surface area contributed by atoms with Crippen LogP contribution in [0.5, 0.6) is 11.5 Å². The van der Waals surface area contributed by atoms with E-state index >= 15 is 0 Å². The summed E-state index contributed by atoms with van der Waals surface area (Å²) < 4.78 is 46.3. The molecule has 2 rings (SSSR count). The number of halogens is 1. The second kappa shape index (κ2) is 9.05. The van der Waals surface area contributed by atoms with E-state index in [-0.39, 0.29) is 29.9 Å². The number of hydrogen-bond donors (Lipinski definition) is 0. The summed E-state index contributed by atoms with van der Waals surface area (Å²) in [6.45, 7) is 4.68. The normalized spacial score (nSPS) is 11.4. The second-order valence-corrected chi connectivity index (χ2v) is 8.43. The SMILES string of the molecule is COc1ccc(CN(CC(C)C)C(=O)c2ccc(F)cc2)cc1OS(C)(=O)=O.